The summed E-state index contributed by atoms with van der Waals surface area (Å²) in [4.78, 5) is 1.05. The molecule has 0 aromatic heterocycles. The summed E-state index contributed by atoms with van der Waals surface area (Å²) in [5, 5.41) is 0. The van der Waals surface area contributed by atoms with Crippen molar-refractivity contribution in [3.8, 4) is 0 Å². The highest BCUT2D eigenvalue weighted by Gasteiger charge is 2.11. The Bertz CT molecular complexity index is 314. The van der Waals surface area contributed by atoms with Crippen LogP contribution < -0.4 is 0 Å². The summed E-state index contributed by atoms with van der Waals surface area (Å²) in [6.45, 7) is 0. The van der Waals surface area contributed by atoms with Crippen molar-refractivity contribution in [1.82, 2.24) is 0 Å². The molecule has 0 unspecified atom stereocenters. The van der Waals surface area contributed by atoms with Crippen molar-refractivity contribution in [3.63, 3.8) is 0 Å². The van der Waals surface area contributed by atoms with Crippen LogP contribution in [0.5, 0.6) is 0 Å². The third-order valence-corrected chi connectivity index (χ3v) is 2.25. The molecule has 0 heterocycles. The zero-order chi connectivity index (χ0) is 7.68. The van der Waals surface area contributed by atoms with Crippen molar-refractivity contribution in [2.45, 2.75) is 6.42 Å². The Morgan fingerprint density at radius 1 is 1.18 bits per heavy atom. The standard InChI is InChI=1S/C10H8S/c11-10-7-2-1-4-8-5-3-6-9(8)10/h1-6H,7H2. The number of rotatable bonds is 0. The normalized spacial score (nSPS) is 20.9. The number of hydrogen-bond acceptors (Lipinski definition) is 1. The Hall–Kier alpha value is -0.950. The highest BCUT2D eigenvalue weighted by Crippen LogP contribution is 2.23. The van der Waals surface area contributed by atoms with Gasteiger partial charge in [-0.25, -0.2) is 0 Å². The van der Waals surface area contributed by atoms with Crippen LogP contribution in [-0.2, 0) is 0 Å². The van der Waals surface area contributed by atoms with Gasteiger partial charge in [0.1, 0.15) is 0 Å². The van der Waals surface area contributed by atoms with Gasteiger partial charge in [0.25, 0.3) is 0 Å². The van der Waals surface area contributed by atoms with E-state index in [1.54, 1.807) is 0 Å². The molecule has 2 rings (SSSR count). The van der Waals surface area contributed by atoms with Crippen LogP contribution in [0.4, 0.5) is 0 Å². The summed E-state index contributed by atoms with van der Waals surface area (Å²) in [7, 11) is 0. The average molecular weight is 160 g/mol. The molecule has 2 aliphatic rings. The van der Waals surface area contributed by atoms with Gasteiger partial charge in [0.05, 0.1) is 0 Å². The number of allylic oxidation sites excluding steroid dienone is 8. The second kappa shape index (κ2) is 2.59. The van der Waals surface area contributed by atoms with Crippen LogP contribution in [0.3, 0.4) is 0 Å². The van der Waals surface area contributed by atoms with Crippen molar-refractivity contribution in [3.05, 3.63) is 47.6 Å². The highest BCUT2D eigenvalue weighted by atomic mass is 32.1. The molecule has 11 heavy (non-hydrogen) atoms. The van der Waals surface area contributed by atoms with Crippen molar-refractivity contribution in [1.29, 1.82) is 0 Å². The second-order valence-corrected chi connectivity index (χ2v) is 3.11. The lowest BCUT2D eigenvalue weighted by atomic mass is 10.1. The first-order valence-corrected chi connectivity index (χ1v) is 4.07. The van der Waals surface area contributed by atoms with E-state index in [0.29, 0.717) is 0 Å². The molecule has 0 aromatic rings. The number of hydrogen-bond donors (Lipinski definition) is 0. The summed E-state index contributed by atoms with van der Waals surface area (Å²) in [5.74, 6) is 0. The zero-order valence-electron chi connectivity index (χ0n) is 6.08. The van der Waals surface area contributed by atoms with Crippen molar-refractivity contribution in [2.24, 2.45) is 0 Å². The van der Waals surface area contributed by atoms with E-state index in [-0.39, 0.29) is 0 Å². The Morgan fingerprint density at radius 2 is 2.09 bits per heavy atom. The van der Waals surface area contributed by atoms with Gasteiger partial charge in [0, 0.05) is 11.3 Å². The Labute approximate surface area is 71.6 Å². The lowest BCUT2D eigenvalue weighted by molar-refractivity contribution is 1.52. The van der Waals surface area contributed by atoms with Crippen LogP contribution >= 0.6 is 12.2 Å². The summed E-state index contributed by atoms with van der Waals surface area (Å²) in [6, 6.07) is 0. The molecule has 0 aliphatic heterocycles. The van der Waals surface area contributed by atoms with Gasteiger partial charge in [-0.2, -0.15) is 0 Å². The Morgan fingerprint density at radius 3 is 3.00 bits per heavy atom. The van der Waals surface area contributed by atoms with Gasteiger partial charge in [-0.3, -0.25) is 0 Å². The van der Waals surface area contributed by atoms with Gasteiger partial charge < -0.3 is 0 Å². The molecule has 2 aliphatic carbocycles. The second-order valence-electron chi connectivity index (χ2n) is 2.62. The molecule has 0 fully saturated rings. The monoisotopic (exact) mass is 160 g/mol. The quantitative estimate of drug-likeness (QED) is 0.491. The molecule has 0 saturated heterocycles. The lowest BCUT2D eigenvalue weighted by Crippen LogP contribution is -1.95. The smallest absolute Gasteiger partial charge is 0.0268 e. The van der Waals surface area contributed by atoms with E-state index in [1.807, 2.05) is 6.08 Å². The Kier molecular flexibility index (Phi) is 1.59. The molecule has 0 atom stereocenters. The van der Waals surface area contributed by atoms with E-state index in [2.05, 4.69) is 30.4 Å². The fraction of sp³-hybridized carbons (Fsp3) is 0.100. The first-order valence-electron chi connectivity index (χ1n) is 3.67. The van der Waals surface area contributed by atoms with Gasteiger partial charge in [-0.05, 0) is 11.1 Å². The molecule has 1 heteroatoms. The molecule has 0 spiro atoms. The minimum absolute atomic E-state index is 0.906. The van der Waals surface area contributed by atoms with E-state index < -0.39 is 0 Å². The van der Waals surface area contributed by atoms with Crippen LogP contribution in [0, 0.1) is 0 Å². The van der Waals surface area contributed by atoms with Crippen LogP contribution in [-0.4, -0.2) is 4.86 Å². The maximum atomic E-state index is 5.23. The maximum Gasteiger partial charge on any atom is 0.0268 e. The van der Waals surface area contributed by atoms with Gasteiger partial charge in [-0.1, -0.05) is 48.7 Å². The first-order chi connectivity index (χ1) is 5.38. The molecule has 54 valence electrons. The summed E-state index contributed by atoms with van der Waals surface area (Å²) < 4.78 is 0. The third-order valence-electron chi connectivity index (χ3n) is 1.87. The molecule has 0 nitrogen and oxygen atoms in total. The first kappa shape index (κ1) is 6.74. The molecule has 0 radical (unpaired) electrons. The largest absolute Gasteiger partial charge is 0.0839 e. The molecule has 0 amide bonds. The lowest BCUT2D eigenvalue weighted by Gasteiger charge is -2.00. The van der Waals surface area contributed by atoms with Crippen LogP contribution in [0.15, 0.2) is 47.6 Å². The number of fused-ring (bicyclic) bond motifs is 1. The minimum Gasteiger partial charge on any atom is -0.0839 e. The molecular formula is C10H8S. The van der Waals surface area contributed by atoms with Gasteiger partial charge in [0.2, 0.25) is 0 Å². The van der Waals surface area contributed by atoms with E-state index in [4.69, 9.17) is 12.2 Å². The maximum absolute atomic E-state index is 5.23. The summed E-state index contributed by atoms with van der Waals surface area (Å²) in [6.07, 6.45) is 13.4. The van der Waals surface area contributed by atoms with Gasteiger partial charge in [0.15, 0.2) is 0 Å². The fourth-order valence-corrected chi connectivity index (χ4v) is 1.57. The highest BCUT2D eigenvalue weighted by molar-refractivity contribution is 7.80. The van der Waals surface area contributed by atoms with Crippen LogP contribution in [0.1, 0.15) is 6.42 Å². The number of thiocarbonyl (C=S) groups is 1. The molecule has 0 N–H and O–H groups in total. The Balaban J connectivity index is 2.47. The van der Waals surface area contributed by atoms with E-state index in [1.165, 1.54) is 11.1 Å². The summed E-state index contributed by atoms with van der Waals surface area (Å²) in [5.41, 5.74) is 2.48. The van der Waals surface area contributed by atoms with E-state index >= 15 is 0 Å². The topological polar surface area (TPSA) is 0 Å². The third kappa shape index (κ3) is 1.12. The van der Waals surface area contributed by atoms with Crippen LogP contribution in [0.25, 0.3) is 0 Å². The summed E-state index contributed by atoms with van der Waals surface area (Å²) >= 11 is 5.23. The molecular weight excluding hydrogens is 152 g/mol. The molecule has 0 aromatic carbocycles. The van der Waals surface area contributed by atoms with E-state index in [9.17, 15) is 0 Å². The van der Waals surface area contributed by atoms with Gasteiger partial charge >= 0.3 is 0 Å². The predicted molar refractivity (Wildman–Crippen MR) is 51.7 cm³/mol. The van der Waals surface area contributed by atoms with Crippen molar-refractivity contribution in [2.75, 3.05) is 0 Å². The average Bonchev–Trinajstić information content (AvgIpc) is 2.40. The molecule has 0 bridgehead atoms. The minimum atomic E-state index is 0.906. The molecule has 0 saturated carbocycles. The van der Waals surface area contributed by atoms with E-state index in [0.717, 1.165) is 11.3 Å². The predicted octanol–water partition coefficient (Wildman–Crippen LogP) is 2.74. The SMILES string of the molecule is S=C1CC=CC=C2C=CC=C12. The van der Waals surface area contributed by atoms with Gasteiger partial charge in [-0.15, -0.1) is 0 Å². The fourth-order valence-electron chi connectivity index (χ4n) is 1.29. The van der Waals surface area contributed by atoms with Crippen LogP contribution in [0.2, 0.25) is 0 Å². The van der Waals surface area contributed by atoms with Crippen molar-refractivity contribution >= 4 is 17.1 Å². The zero-order valence-corrected chi connectivity index (χ0v) is 6.90. The van der Waals surface area contributed by atoms with Crippen molar-refractivity contribution < 1.29 is 0 Å².